The fourth-order valence-corrected chi connectivity index (χ4v) is 1.63. The molecule has 1 heterocycles. The summed E-state index contributed by atoms with van der Waals surface area (Å²) in [5, 5.41) is 15.7. The van der Waals surface area contributed by atoms with E-state index in [1.54, 1.807) is 13.0 Å². The molecule has 5 heteroatoms. The maximum atomic E-state index is 11.9. The van der Waals surface area contributed by atoms with Gasteiger partial charge >= 0.3 is 0 Å². The lowest BCUT2D eigenvalue weighted by atomic mass is 10.1. The number of aliphatic hydroxyl groups excluding tert-OH is 1. The number of rotatable bonds is 4. The average molecular weight is 246 g/mol. The van der Waals surface area contributed by atoms with Gasteiger partial charge in [-0.25, -0.2) is 0 Å². The van der Waals surface area contributed by atoms with Gasteiger partial charge < -0.3 is 14.9 Å². The predicted molar refractivity (Wildman–Crippen MR) is 65.0 cm³/mol. The van der Waals surface area contributed by atoms with E-state index in [0.717, 1.165) is 5.56 Å². The van der Waals surface area contributed by atoms with Crippen molar-refractivity contribution in [1.82, 2.24) is 10.5 Å². The third-order valence-corrected chi connectivity index (χ3v) is 2.55. The zero-order valence-electron chi connectivity index (χ0n) is 9.96. The Labute approximate surface area is 104 Å². The Morgan fingerprint density at radius 1 is 1.44 bits per heavy atom. The van der Waals surface area contributed by atoms with Crippen molar-refractivity contribution in [3.8, 4) is 0 Å². The third-order valence-electron chi connectivity index (χ3n) is 2.55. The molecule has 0 saturated carbocycles. The molecule has 0 aliphatic heterocycles. The van der Waals surface area contributed by atoms with Crippen molar-refractivity contribution < 1.29 is 14.4 Å². The maximum Gasteiger partial charge on any atom is 0.274 e. The minimum Gasteiger partial charge on any atom is -0.394 e. The molecule has 0 bridgehead atoms. The first kappa shape index (κ1) is 12.3. The summed E-state index contributed by atoms with van der Waals surface area (Å²) in [4.78, 5) is 11.9. The molecule has 0 aliphatic carbocycles. The fraction of sp³-hybridized carbons (Fsp3) is 0.231. The number of hydrogen-bond donors (Lipinski definition) is 2. The Hall–Kier alpha value is -2.14. The number of carbonyl (C=O) groups excluding carboxylic acids is 1. The predicted octanol–water partition coefficient (Wildman–Crippen LogP) is 1.45. The number of nitrogens with zero attached hydrogens (tertiary/aromatic N) is 1. The largest absolute Gasteiger partial charge is 0.394 e. The van der Waals surface area contributed by atoms with E-state index in [4.69, 9.17) is 4.52 Å². The van der Waals surface area contributed by atoms with Crippen LogP contribution in [0.5, 0.6) is 0 Å². The maximum absolute atomic E-state index is 11.9. The van der Waals surface area contributed by atoms with E-state index in [-0.39, 0.29) is 18.2 Å². The van der Waals surface area contributed by atoms with Gasteiger partial charge in [-0.15, -0.1) is 0 Å². The van der Waals surface area contributed by atoms with Crippen LogP contribution in [0.25, 0.3) is 0 Å². The molecular weight excluding hydrogens is 232 g/mol. The molecule has 0 radical (unpaired) electrons. The number of aromatic nitrogens is 1. The molecule has 2 rings (SSSR count). The first-order chi connectivity index (χ1) is 8.70. The van der Waals surface area contributed by atoms with Gasteiger partial charge in [-0.05, 0) is 12.5 Å². The molecule has 18 heavy (non-hydrogen) atoms. The van der Waals surface area contributed by atoms with Crippen LogP contribution in [-0.2, 0) is 0 Å². The molecule has 0 saturated heterocycles. The van der Waals surface area contributed by atoms with Crippen LogP contribution in [0.3, 0.4) is 0 Å². The van der Waals surface area contributed by atoms with E-state index in [1.165, 1.54) is 0 Å². The van der Waals surface area contributed by atoms with Gasteiger partial charge in [0.2, 0.25) is 0 Å². The Morgan fingerprint density at radius 2 is 2.17 bits per heavy atom. The summed E-state index contributed by atoms with van der Waals surface area (Å²) >= 11 is 0. The van der Waals surface area contributed by atoms with Gasteiger partial charge in [0, 0.05) is 6.07 Å². The second-order valence-corrected chi connectivity index (χ2v) is 3.94. The first-order valence-corrected chi connectivity index (χ1v) is 5.60. The minimum absolute atomic E-state index is 0.174. The van der Waals surface area contributed by atoms with E-state index < -0.39 is 6.04 Å². The Balaban J connectivity index is 2.10. The third kappa shape index (κ3) is 2.75. The smallest absolute Gasteiger partial charge is 0.274 e. The Bertz CT molecular complexity index is 522. The summed E-state index contributed by atoms with van der Waals surface area (Å²) < 4.78 is 4.83. The highest BCUT2D eigenvalue weighted by molar-refractivity contribution is 5.92. The number of nitrogens with one attached hydrogen (secondary N) is 1. The molecule has 94 valence electrons. The number of amides is 1. The van der Waals surface area contributed by atoms with Crippen LogP contribution < -0.4 is 5.32 Å². The molecule has 1 atom stereocenters. The van der Waals surface area contributed by atoms with E-state index in [1.807, 2.05) is 30.3 Å². The van der Waals surface area contributed by atoms with Gasteiger partial charge in [-0.3, -0.25) is 4.79 Å². The summed E-state index contributed by atoms with van der Waals surface area (Å²) in [5.41, 5.74) is 1.05. The molecule has 1 amide bonds. The normalized spacial score (nSPS) is 12.1. The topological polar surface area (TPSA) is 75.4 Å². The van der Waals surface area contributed by atoms with E-state index >= 15 is 0 Å². The van der Waals surface area contributed by atoms with Gasteiger partial charge in [0.1, 0.15) is 5.76 Å². The van der Waals surface area contributed by atoms with Crippen molar-refractivity contribution >= 4 is 5.91 Å². The average Bonchev–Trinajstić information content (AvgIpc) is 2.83. The lowest BCUT2D eigenvalue weighted by molar-refractivity contribution is 0.0907. The lowest BCUT2D eigenvalue weighted by Gasteiger charge is -2.15. The van der Waals surface area contributed by atoms with Crippen LogP contribution in [0.2, 0.25) is 0 Å². The van der Waals surface area contributed by atoms with Crippen molar-refractivity contribution in [2.45, 2.75) is 13.0 Å². The number of carbonyl (C=O) groups is 1. The second-order valence-electron chi connectivity index (χ2n) is 3.94. The van der Waals surface area contributed by atoms with E-state index in [2.05, 4.69) is 10.5 Å². The lowest BCUT2D eigenvalue weighted by Crippen LogP contribution is -2.30. The van der Waals surface area contributed by atoms with E-state index in [9.17, 15) is 9.90 Å². The fourth-order valence-electron chi connectivity index (χ4n) is 1.63. The van der Waals surface area contributed by atoms with Crippen molar-refractivity contribution in [2.75, 3.05) is 6.61 Å². The number of aliphatic hydroxyl groups is 1. The summed E-state index contributed by atoms with van der Waals surface area (Å²) in [5.74, 6) is 0.204. The molecule has 0 spiro atoms. The Kier molecular flexibility index (Phi) is 3.74. The molecule has 1 aromatic heterocycles. The standard InChI is InChI=1S/C13H14N2O3/c1-9-7-11(15-18-9)13(17)14-12(8-16)10-5-3-2-4-6-10/h2-7,12,16H,8H2,1H3,(H,14,17)/t12-/m0/s1. The van der Waals surface area contributed by atoms with Crippen molar-refractivity contribution in [3.63, 3.8) is 0 Å². The second kappa shape index (κ2) is 5.46. The summed E-state index contributed by atoms with van der Waals surface area (Å²) in [6.07, 6.45) is 0. The molecule has 0 fully saturated rings. The zero-order chi connectivity index (χ0) is 13.0. The monoisotopic (exact) mass is 246 g/mol. The minimum atomic E-state index is -0.448. The van der Waals surface area contributed by atoms with Crippen molar-refractivity contribution in [2.24, 2.45) is 0 Å². The van der Waals surface area contributed by atoms with Gasteiger partial charge in [0.05, 0.1) is 12.6 Å². The molecule has 0 unspecified atom stereocenters. The van der Waals surface area contributed by atoms with E-state index in [0.29, 0.717) is 5.76 Å². The van der Waals surface area contributed by atoms with Crippen LogP contribution >= 0.6 is 0 Å². The zero-order valence-corrected chi connectivity index (χ0v) is 9.96. The number of hydrogen-bond acceptors (Lipinski definition) is 4. The quantitative estimate of drug-likeness (QED) is 0.856. The van der Waals surface area contributed by atoms with Crippen LogP contribution in [0, 0.1) is 6.92 Å². The summed E-state index contributed by atoms with van der Waals surface area (Å²) in [6.45, 7) is 1.54. The first-order valence-electron chi connectivity index (χ1n) is 5.60. The van der Waals surface area contributed by atoms with Gasteiger partial charge in [-0.1, -0.05) is 35.5 Å². The summed E-state index contributed by atoms with van der Waals surface area (Å²) in [6, 6.07) is 10.4. The van der Waals surface area contributed by atoms with Crippen LogP contribution in [0.4, 0.5) is 0 Å². The van der Waals surface area contributed by atoms with Crippen molar-refractivity contribution in [1.29, 1.82) is 0 Å². The molecule has 1 aromatic carbocycles. The van der Waals surface area contributed by atoms with Crippen LogP contribution in [0.1, 0.15) is 27.9 Å². The number of aryl methyl sites for hydroxylation is 1. The number of benzene rings is 1. The van der Waals surface area contributed by atoms with Crippen LogP contribution in [0.15, 0.2) is 40.9 Å². The molecule has 2 aromatic rings. The van der Waals surface area contributed by atoms with Gasteiger partial charge in [-0.2, -0.15) is 0 Å². The molecular formula is C13H14N2O3. The molecule has 0 aliphatic rings. The highest BCUT2D eigenvalue weighted by atomic mass is 16.5. The van der Waals surface area contributed by atoms with Gasteiger partial charge in [0.15, 0.2) is 5.69 Å². The highest BCUT2D eigenvalue weighted by Gasteiger charge is 2.17. The summed E-state index contributed by atoms with van der Waals surface area (Å²) in [7, 11) is 0. The molecule has 2 N–H and O–H groups in total. The van der Waals surface area contributed by atoms with Crippen LogP contribution in [-0.4, -0.2) is 22.8 Å². The highest BCUT2D eigenvalue weighted by Crippen LogP contribution is 2.12. The Morgan fingerprint density at radius 3 is 2.72 bits per heavy atom. The SMILES string of the molecule is Cc1cc(C(=O)N[C@@H](CO)c2ccccc2)no1. The molecule has 5 nitrogen and oxygen atoms in total. The van der Waals surface area contributed by atoms with Gasteiger partial charge in [0.25, 0.3) is 5.91 Å². The van der Waals surface area contributed by atoms with Crippen molar-refractivity contribution in [3.05, 3.63) is 53.4 Å².